The van der Waals surface area contributed by atoms with Gasteiger partial charge in [0.05, 0.1) is 6.61 Å². The van der Waals surface area contributed by atoms with Crippen LogP contribution in [-0.4, -0.2) is 17.6 Å². The maximum Gasteiger partial charge on any atom is 0.306 e. The molecule has 0 bridgehead atoms. The first-order valence-electron chi connectivity index (χ1n) is 7.27. The van der Waals surface area contributed by atoms with Crippen molar-refractivity contribution in [3.63, 3.8) is 0 Å². The molecule has 3 heteroatoms. The third kappa shape index (κ3) is 4.05. The highest BCUT2D eigenvalue weighted by atomic mass is 16.5. The SMILES string of the molecule is CCOC(=O)CC1CCC(c2ccnc(C)c2)CC1. The normalized spacial score (nSPS) is 23.1. The number of hydrogen-bond acceptors (Lipinski definition) is 3. The van der Waals surface area contributed by atoms with Crippen LogP contribution in [0.5, 0.6) is 0 Å². The van der Waals surface area contributed by atoms with Gasteiger partial charge in [-0.1, -0.05) is 0 Å². The lowest BCUT2D eigenvalue weighted by Crippen LogP contribution is -2.18. The van der Waals surface area contributed by atoms with Gasteiger partial charge in [-0.05, 0) is 69.1 Å². The van der Waals surface area contributed by atoms with E-state index in [2.05, 4.69) is 17.1 Å². The topological polar surface area (TPSA) is 39.2 Å². The number of rotatable bonds is 4. The van der Waals surface area contributed by atoms with Crippen molar-refractivity contribution in [2.75, 3.05) is 6.61 Å². The van der Waals surface area contributed by atoms with E-state index in [1.807, 2.05) is 20.0 Å². The maximum atomic E-state index is 11.5. The minimum atomic E-state index is -0.0364. The molecule has 19 heavy (non-hydrogen) atoms. The standard InChI is InChI=1S/C16H23NO2/c1-3-19-16(18)11-13-4-6-14(7-5-13)15-8-9-17-12(2)10-15/h8-10,13-14H,3-7,11H2,1-2H3. The van der Waals surface area contributed by atoms with Crippen molar-refractivity contribution >= 4 is 5.97 Å². The minimum Gasteiger partial charge on any atom is -0.466 e. The molecule has 1 saturated carbocycles. The molecule has 1 heterocycles. The zero-order chi connectivity index (χ0) is 13.7. The van der Waals surface area contributed by atoms with Crippen LogP contribution < -0.4 is 0 Å². The van der Waals surface area contributed by atoms with Crippen molar-refractivity contribution in [1.29, 1.82) is 0 Å². The fourth-order valence-corrected chi connectivity index (χ4v) is 2.98. The summed E-state index contributed by atoms with van der Waals surface area (Å²) in [7, 11) is 0. The number of aromatic nitrogens is 1. The third-order valence-corrected chi connectivity index (χ3v) is 4.00. The predicted octanol–water partition coefficient (Wildman–Crippen LogP) is 3.62. The number of nitrogens with zero attached hydrogens (tertiary/aromatic N) is 1. The predicted molar refractivity (Wildman–Crippen MR) is 74.9 cm³/mol. The van der Waals surface area contributed by atoms with Gasteiger partial charge in [0, 0.05) is 18.3 Å². The Balaban J connectivity index is 1.84. The quantitative estimate of drug-likeness (QED) is 0.777. The highest BCUT2D eigenvalue weighted by Gasteiger charge is 2.24. The Morgan fingerprint density at radius 2 is 2.11 bits per heavy atom. The number of carbonyl (C=O) groups excluding carboxylic acids is 1. The van der Waals surface area contributed by atoms with Crippen molar-refractivity contribution in [3.8, 4) is 0 Å². The van der Waals surface area contributed by atoms with E-state index in [1.54, 1.807) is 0 Å². The monoisotopic (exact) mass is 261 g/mol. The van der Waals surface area contributed by atoms with Gasteiger partial charge in [-0.25, -0.2) is 0 Å². The molecule has 0 atom stereocenters. The Labute approximate surface area is 115 Å². The van der Waals surface area contributed by atoms with E-state index in [0.717, 1.165) is 18.5 Å². The molecule has 0 unspecified atom stereocenters. The number of hydrogen-bond donors (Lipinski definition) is 0. The summed E-state index contributed by atoms with van der Waals surface area (Å²) in [4.78, 5) is 15.7. The summed E-state index contributed by atoms with van der Waals surface area (Å²) in [5, 5.41) is 0. The first kappa shape index (κ1) is 14.0. The molecule has 1 aliphatic carbocycles. The van der Waals surface area contributed by atoms with Gasteiger partial charge in [0.2, 0.25) is 0 Å². The van der Waals surface area contributed by atoms with Crippen LogP contribution in [0.4, 0.5) is 0 Å². The zero-order valence-electron chi connectivity index (χ0n) is 11.9. The van der Waals surface area contributed by atoms with Crippen LogP contribution in [0.2, 0.25) is 0 Å². The van der Waals surface area contributed by atoms with E-state index in [0.29, 0.717) is 24.9 Å². The highest BCUT2D eigenvalue weighted by Crippen LogP contribution is 2.37. The molecule has 0 amide bonds. The van der Waals surface area contributed by atoms with Gasteiger partial charge in [-0.2, -0.15) is 0 Å². The Morgan fingerprint density at radius 3 is 2.74 bits per heavy atom. The van der Waals surface area contributed by atoms with E-state index in [-0.39, 0.29) is 5.97 Å². The summed E-state index contributed by atoms with van der Waals surface area (Å²) in [6.07, 6.45) is 7.10. The molecule has 0 aliphatic heterocycles. The van der Waals surface area contributed by atoms with Crippen LogP contribution in [0.25, 0.3) is 0 Å². The Bertz CT molecular complexity index is 423. The zero-order valence-corrected chi connectivity index (χ0v) is 11.9. The lowest BCUT2D eigenvalue weighted by Gasteiger charge is -2.28. The molecular weight excluding hydrogens is 238 g/mol. The van der Waals surface area contributed by atoms with Crippen molar-refractivity contribution in [2.24, 2.45) is 5.92 Å². The molecular formula is C16H23NO2. The molecule has 0 saturated heterocycles. The van der Waals surface area contributed by atoms with Crippen molar-refractivity contribution < 1.29 is 9.53 Å². The average molecular weight is 261 g/mol. The summed E-state index contributed by atoms with van der Waals surface area (Å²) >= 11 is 0. The maximum absolute atomic E-state index is 11.5. The molecule has 104 valence electrons. The first-order chi connectivity index (χ1) is 9.19. The molecule has 1 aromatic rings. The summed E-state index contributed by atoms with van der Waals surface area (Å²) in [5.41, 5.74) is 2.49. The second-order valence-corrected chi connectivity index (χ2v) is 5.46. The smallest absolute Gasteiger partial charge is 0.306 e. The first-order valence-corrected chi connectivity index (χ1v) is 7.27. The molecule has 1 aliphatic rings. The van der Waals surface area contributed by atoms with E-state index in [4.69, 9.17) is 4.74 Å². The van der Waals surface area contributed by atoms with Gasteiger partial charge in [0.25, 0.3) is 0 Å². The Hall–Kier alpha value is -1.38. The van der Waals surface area contributed by atoms with Crippen LogP contribution in [0, 0.1) is 12.8 Å². The van der Waals surface area contributed by atoms with E-state index in [1.165, 1.54) is 18.4 Å². The lowest BCUT2D eigenvalue weighted by atomic mass is 9.77. The summed E-state index contributed by atoms with van der Waals surface area (Å²) in [6.45, 7) is 4.39. The van der Waals surface area contributed by atoms with Crippen LogP contribution in [0.3, 0.4) is 0 Å². The van der Waals surface area contributed by atoms with Crippen LogP contribution in [-0.2, 0) is 9.53 Å². The number of ether oxygens (including phenoxy) is 1. The molecule has 0 N–H and O–H groups in total. The summed E-state index contributed by atoms with van der Waals surface area (Å²) < 4.78 is 5.02. The second-order valence-electron chi connectivity index (χ2n) is 5.46. The van der Waals surface area contributed by atoms with Gasteiger partial charge >= 0.3 is 5.97 Å². The van der Waals surface area contributed by atoms with Gasteiger partial charge < -0.3 is 4.74 Å². The van der Waals surface area contributed by atoms with Crippen LogP contribution >= 0.6 is 0 Å². The number of esters is 1. The molecule has 2 rings (SSSR count). The number of carbonyl (C=O) groups is 1. The third-order valence-electron chi connectivity index (χ3n) is 4.00. The average Bonchev–Trinajstić information content (AvgIpc) is 2.40. The second kappa shape index (κ2) is 6.69. The van der Waals surface area contributed by atoms with Crippen molar-refractivity contribution in [3.05, 3.63) is 29.6 Å². The largest absolute Gasteiger partial charge is 0.466 e. The molecule has 3 nitrogen and oxygen atoms in total. The molecule has 1 fully saturated rings. The van der Waals surface area contributed by atoms with Crippen molar-refractivity contribution in [2.45, 2.75) is 51.9 Å². The molecule has 0 aromatic carbocycles. The van der Waals surface area contributed by atoms with E-state index < -0.39 is 0 Å². The van der Waals surface area contributed by atoms with Crippen LogP contribution in [0.1, 0.15) is 56.2 Å². The number of aryl methyl sites for hydroxylation is 1. The fraction of sp³-hybridized carbons (Fsp3) is 0.625. The number of pyridine rings is 1. The van der Waals surface area contributed by atoms with Crippen molar-refractivity contribution in [1.82, 2.24) is 4.98 Å². The van der Waals surface area contributed by atoms with Crippen LogP contribution in [0.15, 0.2) is 18.3 Å². The Kier molecular flexibility index (Phi) is 4.94. The lowest BCUT2D eigenvalue weighted by molar-refractivity contribution is -0.144. The molecule has 0 radical (unpaired) electrons. The fourth-order valence-electron chi connectivity index (χ4n) is 2.98. The summed E-state index contributed by atoms with van der Waals surface area (Å²) in [6, 6.07) is 4.32. The van der Waals surface area contributed by atoms with Gasteiger partial charge in [0.15, 0.2) is 0 Å². The van der Waals surface area contributed by atoms with E-state index >= 15 is 0 Å². The molecule has 1 aromatic heterocycles. The van der Waals surface area contributed by atoms with Gasteiger partial charge in [-0.15, -0.1) is 0 Å². The highest BCUT2D eigenvalue weighted by molar-refractivity contribution is 5.69. The molecule has 0 spiro atoms. The van der Waals surface area contributed by atoms with E-state index in [9.17, 15) is 4.79 Å². The summed E-state index contributed by atoms with van der Waals surface area (Å²) in [5.74, 6) is 1.11. The van der Waals surface area contributed by atoms with Gasteiger partial charge in [-0.3, -0.25) is 9.78 Å². The minimum absolute atomic E-state index is 0.0364. The Morgan fingerprint density at radius 1 is 1.37 bits per heavy atom. The van der Waals surface area contributed by atoms with Gasteiger partial charge in [0.1, 0.15) is 0 Å².